The molecule has 1 aromatic carbocycles. The van der Waals surface area contributed by atoms with Crippen LogP contribution in [-0.4, -0.2) is 49.6 Å². The van der Waals surface area contributed by atoms with Crippen LogP contribution in [0.1, 0.15) is 21.7 Å². The first-order chi connectivity index (χ1) is 13.4. The predicted octanol–water partition coefficient (Wildman–Crippen LogP) is 3.20. The summed E-state index contributed by atoms with van der Waals surface area (Å²) in [6.07, 6.45) is 3.54. The number of pyridine rings is 1. The van der Waals surface area contributed by atoms with Crippen LogP contribution in [-0.2, 0) is 0 Å². The minimum absolute atomic E-state index is 0.0649. The summed E-state index contributed by atoms with van der Waals surface area (Å²) in [5.41, 5.74) is 4.60. The van der Waals surface area contributed by atoms with Crippen molar-refractivity contribution in [1.29, 1.82) is 0 Å². The monoisotopic (exact) mass is 372 g/mol. The lowest BCUT2D eigenvalue weighted by Crippen LogP contribution is -2.22. The van der Waals surface area contributed by atoms with Crippen molar-refractivity contribution >= 4 is 16.8 Å². The average molecular weight is 372 g/mol. The molecule has 4 aromatic rings. The Morgan fingerprint density at radius 2 is 1.71 bits per heavy atom. The highest BCUT2D eigenvalue weighted by Gasteiger charge is 2.16. The molecule has 3 aromatic heterocycles. The summed E-state index contributed by atoms with van der Waals surface area (Å²) < 4.78 is 1.62. The molecule has 0 aliphatic carbocycles. The zero-order valence-electron chi connectivity index (χ0n) is 16.2. The fourth-order valence-electron chi connectivity index (χ4n) is 3.12. The van der Waals surface area contributed by atoms with E-state index in [1.54, 1.807) is 29.9 Å². The van der Waals surface area contributed by atoms with Gasteiger partial charge in [-0.15, -0.1) is 0 Å². The molecule has 28 heavy (non-hydrogen) atoms. The van der Waals surface area contributed by atoms with Crippen LogP contribution in [0.15, 0.2) is 48.8 Å². The Hall–Kier alpha value is -3.61. The predicted molar refractivity (Wildman–Crippen MR) is 107 cm³/mol. The van der Waals surface area contributed by atoms with E-state index in [0.29, 0.717) is 17.2 Å². The molecule has 0 aliphatic rings. The van der Waals surface area contributed by atoms with Crippen LogP contribution in [0, 0.1) is 13.8 Å². The first kappa shape index (κ1) is 17.8. The van der Waals surface area contributed by atoms with Gasteiger partial charge < -0.3 is 4.90 Å². The van der Waals surface area contributed by atoms with Gasteiger partial charge in [-0.3, -0.25) is 4.79 Å². The zero-order chi connectivity index (χ0) is 19.8. The third-order valence-corrected chi connectivity index (χ3v) is 4.41. The van der Waals surface area contributed by atoms with E-state index < -0.39 is 0 Å². The van der Waals surface area contributed by atoms with Crippen LogP contribution < -0.4 is 0 Å². The number of rotatable bonds is 3. The van der Waals surface area contributed by atoms with Crippen LogP contribution in [0.4, 0.5) is 0 Å². The van der Waals surface area contributed by atoms with Gasteiger partial charge in [0.05, 0.1) is 23.0 Å². The Morgan fingerprint density at radius 3 is 2.43 bits per heavy atom. The number of nitrogens with zero attached hydrogens (tertiary/aromatic N) is 6. The van der Waals surface area contributed by atoms with E-state index in [-0.39, 0.29) is 5.91 Å². The van der Waals surface area contributed by atoms with Gasteiger partial charge >= 0.3 is 0 Å². The largest absolute Gasteiger partial charge is 0.345 e. The molecule has 140 valence electrons. The molecular weight excluding hydrogens is 352 g/mol. The molecule has 0 bridgehead atoms. The van der Waals surface area contributed by atoms with Gasteiger partial charge in [-0.2, -0.15) is 5.10 Å². The Labute approximate surface area is 162 Å². The third-order valence-electron chi connectivity index (χ3n) is 4.41. The number of amides is 1. The van der Waals surface area contributed by atoms with E-state index in [4.69, 9.17) is 4.98 Å². The van der Waals surface area contributed by atoms with Gasteiger partial charge in [0.15, 0.2) is 0 Å². The standard InChI is InChI=1S/C21H20N6O/c1-13-9-14(2)24-21(23-13)27-12-15(11-22-27)19-10-17(20(28)26(3)4)16-7-5-6-8-18(16)25-19/h5-12H,1-4H3. The maximum Gasteiger partial charge on any atom is 0.254 e. The molecule has 0 saturated carbocycles. The van der Waals surface area contributed by atoms with E-state index >= 15 is 0 Å². The van der Waals surface area contributed by atoms with Gasteiger partial charge in [0.1, 0.15) is 0 Å². The zero-order valence-corrected chi connectivity index (χ0v) is 16.2. The lowest BCUT2D eigenvalue weighted by Gasteiger charge is -2.13. The van der Waals surface area contributed by atoms with Crippen molar-refractivity contribution in [3.8, 4) is 17.2 Å². The molecule has 0 unspecified atom stereocenters. The molecule has 4 rings (SSSR count). The van der Waals surface area contributed by atoms with E-state index in [0.717, 1.165) is 27.9 Å². The Morgan fingerprint density at radius 1 is 1.00 bits per heavy atom. The summed E-state index contributed by atoms with van der Waals surface area (Å²) in [5.74, 6) is 0.444. The van der Waals surface area contributed by atoms with Crippen molar-refractivity contribution in [3.63, 3.8) is 0 Å². The number of aryl methyl sites for hydroxylation is 2. The van der Waals surface area contributed by atoms with Crippen LogP contribution >= 0.6 is 0 Å². The highest BCUT2D eigenvalue weighted by atomic mass is 16.2. The van der Waals surface area contributed by atoms with E-state index in [1.165, 1.54) is 0 Å². The molecule has 0 atom stereocenters. The summed E-state index contributed by atoms with van der Waals surface area (Å²) in [6, 6.07) is 11.4. The van der Waals surface area contributed by atoms with Gasteiger partial charge in [-0.05, 0) is 32.0 Å². The first-order valence-corrected chi connectivity index (χ1v) is 8.91. The van der Waals surface area contributed by atoms with Crippen molar-refractivity contribution in [2.75, 3.05) is 14.1 Å². The molecule has 0 saturated heterocycles. The van der Waals surface area contributed by atoms with Crippen LogP contribution in [0.5, 0.6) is 0 Å². The van der Waals surface area contributed by atoms with E-state index in [2.05, 4.69) is 15.1 Å². The lowest BCUT2D eigenvalue weighted by molar-refractivity contribution is 0.0829. The molecule has 3 heterocycles. The van der Waals surface area contributed by atoms with Crippen molar-refractivity contribution in [2.24, 2.45) is 0 Å². The van der Waals surface area contributed by atoms with Crippen molar-refractivity contribution in [3.05, 3.63) is 65.7 Å². The summed E-state index contributed by atoms with van der Waals surface area (Å²) >= 11 is 0. The third kappa shape index (κ3) is 3.22. The summed E-state index contributed by atoms with van der Waals surface area (Å²) in [5, 5.41) is 5.22. The number of hydrogen-bond donors (Lipinski definition) is 0. The molecule has 0 spiro atoms. The maximum absolute atomic E-state index is 12.7. The quantitative estimate of drug-likeness (QED) is 0.552. The minimum Gasteiger partial charge on any atom is -0.345 e. The Kier molecular flexibility index (Phi) is 4.35. The molecule has 0 aliphatic heterocycles. The van der Waals surface area contributed by atoms with Gasteiger partial charge in [0, 0.05) is 42.6 Å². The van der Waals surface area contributed by atoms with Gasteiger partial charge in [0.2, 0.25) is 0 Å². The first-order valence-electron chi connectivity index (χ1n) is 8.91. The molecule has 0 N–H and O–H groups in total. The van der Waals surface area contributed by atoms with Crippen molar-refractivity contribution < 1.29 is 4.79 Å². The van der Waals surface area contributed by atoms with E-state index in [9.17, 15) is 4.79 Å². The highest BCUT2D eigenvalue weighted by molar-refractivity contribution is 6.07. The SMILES string of the molecule is Cc1cc(C)nc(-n2cc(-c3cc(C(=O)N(C)C)c4ccccc4n3)cn2)n1. The normalized spacial score (nSPS) is 11.0. The number of carbonyl (C=O) groups excluding carboxylic acids is 1. The number of hydrogen-bond acceptors (Lipinski definition) is 5. The van der Waals surface area contributed by atoms with Crippen molar-refractivity contribution in [2.45, 2.75) is 13.8 Å². The molecular formula is C21H20N6O. The summed E-state index contributed by atoms with van der Waals surface area (Å²) in [4.78, 5) is 27.9. The fourth-order valence-corrected chi connectivity index (χ4v) is 3.12. The topological polar surface area (TPSA) is 76.8 Å². The Bertz CT molecular complexity index is 1170. The summed E-state index contributed by atoms with van der Waals surface area (Å²) in [7, 11) is 3.49. The molecule has 1 amide bonds. The molecule has 7 heteroatoms. The molecule has 0 radical (unpaired) electrons. The van der Waals surface area contributed by atoms with Crippen LogP contribution in [0.2, 0.25) is 0 Å². The smallest absolute Gasteiger partial charge is 0.254 e. The van der Waals surface area contributed by atoms with Crippen molar-refractivity contribution in [1.82, 2.24) is 29.6 Å². The number of benzene rings is 1. The average Bonchev–Trinajstić information content (AvgIpc) is 3.16. The second-order valence-electron chi connectivity index (χ2n) is 6.90. The van der Waals surface area contributed by atoms with Gasteiger partial charge in [-0.25, -0.2) is 19.6 Å². The lowest BCUT2D eigenvalue weighted by atomic mass is 10.0. The summed E-state index contributed by atoms with van der Waals surface area (Å²) in [6.45, 7) is 3.85. The number of carbonyl (C=O) groups is 1. The highest BCUT2D eigenvalue weighted by Crippen LogP contribution is 2.25. The molecule has 7 nitrogen and oxygen atoms in total. The van der Waals surface area contributed by atoms with Gasteiger partial charge in [0.25, 0.3) is 11.9 Å². The number of para-hydroxylation sites is 1. The number of fused-ring (bicyclic) bond motifs is 1. The second kappa shape index (κ2) is 6.84. The Balaban J connectivity index is 1.84. The van der Waals surface area contributed by atoms with Crippen LogP contribution in [0.25, 0.3) is 28.1 Å². The fraction of sp³-hybridized carbons (Fsp3) is 0.190. The maximum atomic E-state index is 12.7. The molecule has 0 fully saturated rings. The minimum atomic E-state index is -0.0649. The van der Waals surface area contributed by atoms with Crippen LogP contribution in [0.3, 0.4) is 0 Å². The second-order valence-corrected chi connectivity index (χ2v) is 6.90. The van der Waals surface area contributed by atoms with Gasteiger partial charge in [-0.1, -0.05) is 18.2 Å². The number of aromatic nitrogens is 5. The van der Waals surface area contributed by atoms with E-state index in [1.807, 2.05) is 56.4 Å².